The number of carbonyl (C=O) groups is 2. The van der Waals surface area contributed by atoms with Crippen LogP contribution in [0, 0.1) is 0 Å². The van der Waals surface area contributed by atoms with Crippen molar-refractivity contribution in [2.75, 3.05) is 26.4 Å². The molecule has 0 radical (unpaired) electrons. The molecule has 9 nitrogen and oxygen atoms in total. The van der Waals surface area contributed by atoms with Crippen molar-refractivity contribution in [3.63, 3.8) is 0 Å². The number of phosphoric ester groups is 1. The van der Waals surface area contributed by atoms with Crippen molar-refractivity contribution in [3.05, 3.63) is 12.2 Å². The summed E-state index contributed by atoms with van der Waals surface area (Å²) in [6, 6.07) is 0. The van der Waals surface area contributed by atoms with Gasteiger partial charge < -0.3 is 20.1 Å². The number of hydrogen-bond donors (Lipinski definition) is 2. The zero-order valence-electron chi connectivity index (χ0n) is 37.3. The molecule has 0 aliphatic heterocycles. The van der Waals surface area contributed by atoms with E-state index in [1.54, 1.807) is 0 Å². The summed E-state index contributed by atoms with van der Waals surface area (Å²) < 4.78 is 32.9. The molecule has 1 unspecified atom stereocenters. The van der Waals surface area contributed by atoms with Gasteiger partial charge in [0.2, 0.25) is 0 Å². The van der Waals surface area contributed by atoms with Crippen molar-refractivity contribution in [2.24, 2.45) is 5.73 Å². The maximum absolute atomic E-state index is 12.6. The van der Waals surface area contributed by atoms with Gasteiger partial charge in [0.25, 0.3) is 0 Å². The highest BCUT2D eigenvalue weighted by Crippen LogP contribution is 2.43. The molecule has 0 aromatic rings. The number of unbranched alkanes of at least 4 members (excludes halogenated alkanes) is 31. The Hall–Kier alpha value is -1.25. The maximum Gasteiger partial charge on any atom is 0.472 e. The third kappa shape index (κ3) is 44.1. The second-order valence-corrected chi connectivity index (χ2v) is 17.8. The second kappa shape index (κ2) is 44.3. The summed E-state index contributed by atoms with van der Waals surface area (Å²) in [5.41, 5.74) is 5.36. The molecule has 57 heavy (non-hydrogen) atoms. The molecule has 0 bridgehead atoms. The molecule has 0 amide bonds. The summed E-state index contributed by atoms with van der Waals surface area (Å²) in [6.45, 7) is 3.77. The minimum Gasteiger partial charge on any atom is -0.462 e. The first kappa shape index (κ1) is 55.8. The minimum atomic E-state index is -4.37. The van der Waals surface area contributed by atoms with E-state index >= 15 is 0 Å². The van der Waals surface area contributed by atoms with E-state index in [1.807, 2.05) is 0 Å². The Balaban J connectivity index is 4.02. The van der Waals surface area contributed by atoms with Gasteiger partial charge in [-0.05, 0) is 38.5 Å². The fraction of sp³-hybridized carbons (Fsp3) is 0.915. The van der Waals surface area contributed by atoms with E-state index in [0.29, 0.717) is 6.42 Å². The number of carbonyl (C=O) groups excluding carboxylic acids is 2. The Bertz CT molecular complexity index is 948. The van der Waals surface area contributed by atoms with E-state index < -0.39 is 26.5 Å². The van der Waals surface area contributed by atoms with Gasteiger partial charge in [0.15, 0.2) is 6.10 Å². The third-order valence-electron chi connectivity index (χ3n) is 10.7. The van der Waals surface area contributed by atoms with Crippen LogP contribution in [0.3, 0.4) is 0 Å². The molecule has 0 rings (SSSR count). The highest BCUT2D eigenvalue weighted by atomic mass is 31.2. The van der Waals surface area contributed by atoms with Crippen molar-refractivity contribution < 1.29 is 37.6 Å². The molecular weight excluding hydrogens is 737 g/mol. The lowest BCUT2D eigenvalue weighted by atomic mass is 10.0. The van der Waals surface area contributed by atoms with Gasteiger partial charge in [0.1, 0.15) is 6.61 Å². The maximum atomic E-state index is 12.6. The lowest BCUT2D eigenvalue weighted by molar-refractivity contribution is -0.161. The molecule has 0 fully saturated rings. The van der Waals surface area contributed by atoms with Gasteiger partial charge in [0.05, 0.1) is 13.2 Å². The predicted octanol–water partition coefficient (Wildman–Crippen LogP) is 14.2. The van der Waals surface area contributed by atoms with E-state index in [9.17, 15) is 19.0 Å². The lowest BCUT2D eigenvalue weighted by Crippen LogP contribution is -2.29. The number of rotatable bonds is 46. The molecule has 0 aliphatic carbocycles. The van der Waals surface area contributed by atoms with Gasteiger partial charge in [-0.25, -0.2) is 4.57 Å². The molecule has 3 N–H and O–H groups in total. The summed E-state index contributed by atoms with van der Waals surface area (Å²) in [7, 11) is -4.37. The van der Waals surface area contributed by atoms with Crippen molar-refractivity contribution in [3.8, 4) is 0 Å². The Morgan fingerprint density at radius 3 is 1.25 bits per heavy atom. The fourth-order valence-corrected chi connectivity index (χ4v) is 7.81. The molecule has 0 saturated heterocycles. The normalized spacial score (nSPS) is 13.3. The number of ether oxygens (including phenoxy) is 2. The smallest absolute Gasteiger partial charge is 0.462 e. The molecule has 0 heterocycles. The molecule has 0 aromatic carbocycles. The van der Waals surface area contributed by atoms with E-state index in [4.69, 9.17) is 24.3 Å². The van der Waals surface area contributed by atoms with Gasteiger partial charge in [0, 0.05) is 19.4 Å². The summed E-state index contributed by atoms with van der Waals surface area (Å²) in [5.74, 6) is -0.815. The van der Waals surface area contributed by atoms with Crippen molar-refractivity contribution >= 4 is 19.8 Å². The average molecular weight is 830 g/mol. The van der Waals surface area contributed by atoms with Crippen LogP contribution in [-0.2, 0) is 32.7 Å². The topological polar surface area (TPSA) is 134 Å². The van der Waals surface area contributed by atoms with Crippen LogP contribution in [0.5, 0.6) is 0 Å². The lowest BCUT2D eigenvalue weighted by Gasteiger charge is -2.19. The van der Waals surface area contributed by atoms with Crippen LogP contribution in [0.1, 0.15) is 245 Å². The second-order valence-electron chi connectivity index (χ2n) is 16.3. The Labute approximate surface area is 351 Å². The van der Waals surface area contributed by atoms with Crippen LogP contribution in [0.15, 0.2) is 12.2 Å². The van der Waals surface area contributed by atoms with Gasteiger partial charge >= 0.3 is 19.8 Å². The van der Waals surface area contributed by atoms with Gasteiger partial charge in [-0.3, -0.25) is 18.6 Å². The van der Waals surface area contributed by atoms with E-state index in [-0.39, 0.29) is 38.6 Å². The zero-order chi connectivity index (χ0) is 41.8. The first-order valence-electron chi connectivity index (χ1n) is 24.2. The largest absolute Gasteiger partial charge is 0.472 e. The quantitative estimate of drug-likeness (QED) is 0.0266. The van der Waals surface area contributed by atoms with Crippen LogP contribution in [-0.4, -0.2) is 49.3 Å². The predicted molar refractivity (Wildman–Crippen MR) is 238 cm³/mol. The molecule has 0 saturated carbocycles. The molecule has 0 aromatic heterocycles. The van der Waals surface area contributed by atoms with E-state index in [2.05, 4.69) is 26.0 Å². The molecule has 0 spiro atoms. The minimum absolute atomic E-state index is 0.0566. The molecule has 10 heteroatoms. The summed E-state index contributed by atoms with van der Waals surface area (Å²) in [4.78, 5) is 35.0. The summed E-state index contributed by atoms with van der Waals surface area (Å²) in [6.07, 6.45) is 46.7. The van der Waals surface area contributed by atoms with Crippen LogP contribution < -0.4 is 5.73 Å². The first-order valence-corrected chi connectivity index (χ1v) is 25.7. The number of allylic oxidation sites excluding steroid dienone is 2. The molecular formula is C47H92NO8P. The monoisotopic (exact) mass is 830 g/mol. The number of esters is 2. The zero-order valence-corrected chi connectivity index (χ0v) is 38.2. The number of phosphoric acid groups is 1. The average Bonchev–Trinajstić information content (AvgIpc) is 3.20. The molecule has 2 atom stereocenters. The van der Waals surface area contributed by atoms with Crippen LogP contribution in [0.25, 0.3) is 0 Å². The van der Waals surface area contributed by atoms with Gasteiger partial charge in [-0.1, -0.05) is 206 Å². The Kier molecular flexibility index (Phi) is 43.3. The van der Waals surface area contributed by atoms with Crippen LogP contribution in [0.2, 0.25) is 0 Å². The van der Waals surface area contributed by atoms with Gasteiger partial charge in [-0.15, -0.1) is 0 Å². The molecule has 0 aliphatic rings. The highest BCUT2D eigenvalue weighted by Gasteiger charge is 2.26. The third-order valence-corrected chi connectivity index (χ3v) is 11.6. The fourth-order valence-electron chi connectivity index (χ4n) is 7.04. The van der Waals surface area contributed by atoms with Crippen LogP contribution >= 0.6 is 7.82 Å². The van der Waals surface area contributed by atoms with Gasteiger partial charge in [-0.2, -0.15) is 0 Å². The number of nitrogens with two attached hydrogens (primary N) is 1. The first-order chi connectivity index (χ1) is 27.8. The Morgan fingerprint density at radius 2 is 0.860 bits per heavy atom. The highest BCUT2D eigenvalue weighted by molar-refractivity contribution is 7.47. The summed E-state index contributed by atoms with van der Waals surface area (Å²) >= 11 is 0. The van der Waals surface area contributed by atoms with E-state index in [1.165, 1.54) is 180 Å². The Morgan fingerprint density at radius 1 is 0.509 bits per heavy atom. The van der Waals surface area contributed by atoms with Crippen molar-refractivity contribution in [2.45, 2.75) is 251 Å². The van der Waals surface area contributed by atoms with Crippen molar-refractivity contribution in [1.29, 1.82) is 0 Å². The van der Waals surface area contributed by atoms with Crippen LogP contribution in [0.4, 0.5) is 0 Å². The SMILES string of the molecule is CCCCCCCC/C=C\CCCCCCCCCCCCCC(=O)OC[C@H](COP(=O)(O)OCCN)OC(=O)CCCCCCCCCCCCCCCCC. The standard InChI is InChI=1S/C47H92NO8P/c1-3-5-7-9-11-13-15-17-19-20-21-22-23-24-26-27-29-31-33-35-37-39-46(49)53-43-45(44-55-57(51,52)54-42-41-48)56-47(50)40-38-36-34-32-30-28-25-18-16-14-12-10-8-6-4-2/h17,19,45H,3-16,18,20-44,48H2,1-2H3,(H,51,52)/b19-17-/t45-/m1/s1. The van der Waals surface area contributed by atoms with Crippen molar-refractivity contribution in [1.82, 2.24) is 0 Å². The van der Waals surface area contributed by atoms with E-state index in [0.717, 1.165) is 32.1 Å². The molecule has 338 valence electrons. The number of hydrogen-bond acceptors (Lipinski definition) is 8. The summed E-state index contributed by atoms with van der Waals surface area (Å²) in [5, 5.41) is 0.